The first-order valence-electron chi connectivity index (χ1n) is 4.92. The van der Waals surface area contributed by atoms with Crippen molar-refractivity contribution in [1.82, 2.24) is 0 Å². The van der Waals surface area contributed by atoms with Crippen LogP contribution >= 0.6 is 0 Å². The highest BCUT2D eigenvalue weighted by Crippen LogP contribution is 2.11. The Balaban J connectivity index is 2.64. The summed E-state index contributed by atoms with van der Waals surface area (Å²) in [5.41, 5.74) is 2.71. The van der Waals surface area contributed by atoms with Crippen molar-refractivity contribution in [3.05, 3.63) is 35.4 Å². The normalized spacial score (nSPS) is 10.8. The van der Waals surface area contributed by atoms with Crippen LogP contribution in [0.15, 0.2) is 24.3 Å². The van der Waals surface area contributed by atoms with Gasteiger partial charge in [0.25, 0.3) is 0 Å². The third kappa shape index (κ3) is 3.19. The van der Waals surface area contributed by atoms with E-state index in [0.717, 1.165) is 13.0 Å². The average molecular weight is 178 g/mol. The van der Waals surface area contributed by atoms with Gasteiger partial charge in [0, 0.05) is 0 Å². The first-order valence-corrected chi connectivity index (χ1v) is 4.92. The lowest BCUT2D eigenvalue weighted by Gasteiger charge is -2.10. The van der Waals surface area contributed by atoms with Crippen LogP contribution < -0.4 is 0 Å². The van der Waals surface area contributed by atoms with Crippen molar-refractivity contribution in [2.24, 2.45) is 0 Å². The Morgan fingerprint density at radius 3 is 2.31 bits per heavy atom. The first-order chi connectivity index (χ1) is 6.24. The Kier molecular flexibility index (Phi) is 3.97. The minimum Gasteiger partial charge on any atom is -0.374 e. The van der Waals surface area contributed by atoms with Crippen LogP contribution in [-0.2, 0) is 17.8 Å². The zero-order chi connectivity index (χ0) is 9.68. The quantitative estimate of drug-likeness (QED) is 0.688. The number of ether oxygens (including phenoxy) is 1. The van der Waals surface area contributed by atoms with Gasteiger partial charge in [-0.25, -0.2) is 0 Å². The molecule has 1 aromatic carbocycles. The highest BCUT2D eigenvalue weighted by Gasteiger charge is 2.00. The van der Waals surface area contributed by atoms with Gasteiger partial charge in [-0.15, -0.1) is 0 Å². The summed E-state index contributed by atoms with van der Waals surface area (Å²) in [4.78, 5) is 0. The van der Waals surface area contributed by atoms with E-state index < -0.39 is 0 Å². The molecule has 1 nitrogen and oxygen atoms in total. The third-order valence-corrected chi connectivity index (χ3v) is 2.07. The number of hydrogen-bond acceptors (Lipinski definition) is 1. The topological polar surface area (TPSA) is 9.23 Å². The molecule has 0 saturated heterocycles. The van der Waals surface area contributed by atoms with E-state index in [-0.39, 0.29) is 0 Å². The van der Waals surface area contributed by atoms with Crippen molar-refractivity contribution >= 4 is 0 Å². The van der Waals surface area contributed by atoms with Gasteiger partial charge < -0.3 is 4.74 Å². The molecule has 0 aliphatic carbocycles. The molecular formula is C12H18O. The Hall–Kier alpha value is -0.820. The lowest BCUT2D eigenvalue weighted by atomic mass is 10.1. The maximum Gasteiger partial charge on any atom is 0.0723 e. The molecule has 0 N–H and O–H groups in total. The Labute approximate surface area is 80.7 Å². The summed E-state index contributed by atoms with van der Waals surface area (Å²) in [6.07, 6.45) is 1.39. The average Bonchev–Trinajstić information content (AvgIpc) is 2.15. The predicted octanol–water partition coefficient (Wildman–Crippen LogP) is 3.17. The zero-order valence-corrected chi connectivity index (χ0v) is 8.71. The summed E-state index contributed by atoms with van der Waals surface area (Å²) in [6, 6.07) is 8.45. The number of aryl methyl sites for hydroxylation is 1. The highest BCUT2D eigenvalue weighted by molar-refractivity contribution is 5.26. The molecule has 13 heavy (non-hydrogen) atoms. The van der Waals surface area contributed by atoms with Crippen LogP contribution in [-0.4, -0.2) is 6.10 Å². The summed E-state index contributed by atoms with van der Waals surface area (Å²) < 4.78 is 5.57. The molecule has 0 spiro atoms. The summed E-state index contributed by atoms with van der Waals surface area (Å²) in [6.45, 7) is 7.04. The van der Waals surface area contributed by atoms with Crippen LogP contribution in [0.4, 0.5) is 0 Å². The highest BCUT2D eigenvalue weighted by atomic mass is 16.5. The molecule has 0 aromatic heterocycles. The van der Waals surface area contributed by atoms with Gasteiger partial charge in [0.15, 0.2) is 0 Å². The van der Waals surface area contributed by atoms with Crippen LogP contribution in [0.2, 0.25) is 0 Å². The molecule has 0 atom stereocenters. The fourth-order valence-electron chi connectivity index (χ4n) is 1.30. The van der Waals surface area contributed by atoms with Gasteiger partial charge >= 0.3 is 0 Å². The fraction of sp³-hybridized carbons (Fsp3) is 0.500. The van der Waals surface area contributed by atoms with E-state index in [9.17, 15) is 0 Å². The minimum atomic E-state index is 0.310. The van der Waals surface area contributed by atoms with Gasteiger partial charge in [0.2, 0.25) is 0 Å². The molecule has 0 heterocycles. The SMILES string of the molecule is CCc1ccccc1COC(C)C. The van der Waals surface area contributed by atoms with Crippen molar-refractivity contribution in [1.29, 1.82) is 0 Å². The Morgan fingerprint density at radius 2 is 1.77 bits per heavy atom. The summed E-state index contributed by atoms with van der Waals surface area (Å²) in [7, 11) is 0. The largest absolute Gasteiger partial charge is 0.374 e. The van der Waals surface area contributed by atoms with Crippen LogP contribution in [0, 0.1) is 0 Å². The Bertz CT molecular complexity index is 253. The third-order valence-electron chi connectivity index (χ3n) is 2.07. The second-order valence-corrected chi connectivity index (χ2v) is 3.48. The summed E-state index contributed by atoms with van der Waals surface area (Å²) in [5, 5.41) is 0. The van der Waals surface area contributed by atoms with Gasteiger partial charge in [-0.3, -0.25) is 0 Å². The van der Waals surface area contributed by atoms with Crippen molar-refractivity contribution < 1.29 is 4.74 Å². The van der Waals surface area contributed by atoms with Crippen LogP contribution in [0.1, 0.15) is 31.9 Å². The molecule has 1 rings (SSSR count). The number of hydrogen-bond donors (Lipinski definition) is 0. The van der Waals surface area contributed by atoms with Crippen LogP contribution in [0.5, 0.6) is 0 Å². The first kappa shape index (κ1) is 10.3. The molecule has 0 unspecified atom stereocenters. The second kappa shape index (κ2) is 5.03. The standard InChI is InChI=1S/C12H18O/c1-4-11-7-5-6-8-12(11)9-13-10(2)3/h5-8,10H,4,9H2,1-3H3. The van der Waals surface area contributed by atoms with Crippen molar-refractivity contribution in [2.45, 2.75) is 39.9 Å². The molecule has 0 amide bonds. The van der Waals surface area contributed by atoms with Gasteiger partial charge in [-0.1, -0.05) is 31.2 Å². The maximum atomic E-state index is 5.57. The lowest BCUT2D eigenvalue weighted by molar-refractivity contribution is 0.0653. The monoisotopic (exact) mass is 178 g/mol. The molecule has 0 radical (unpaired) electrons. The molecule has 0 aliphatic rings. The van der Waals surface area contributed by atoms with E-state index in [4.69, 9.17) is 4.74 Å². The van der Waals surface area contributed by atoms with E-state index >= 15 is 0 Å². The van der Waals surface area contributed by atoms with E-state index in [1.165, 1.54) is 11.1 Å². The van der Waals surface area contributed by atoms with E-state index in [2.05, 4.69) is 45.0 Å². The van der Waals surface area contributed by atoms with Crippen molar-refractivity contribution in [2.75, 3.05) is 0 Å². The lowest BCUT2D eigenvalue weighted by Crippen LogP contribution is -2.03. The smallest absolute Gasteiger partial charge is 0.0723 e. The molecule has 0 fully saturated rings. The van der Waals surface area contributed by atoms with Crippen LogP contribution in [0.25, 0.3) is 0 Å². The van der Waals surface area contributed by atoms with E-state index in [0.29, 0.717) is 6.10 Å². The van der Waals surface area contributed by atoms with E-state index in [1.54, 1.807) is 0 Å². The minimum absolute atomic E-state index is 0.310. The summed E-state index contributed by atoms with van der Waals surface area (Å²) in [5.74, 6) is 0. The molecule has 0 aliphatic heterocycles. The van der Waals surface area contributed by atoms with Crippen LogP contribution in [0.3, 0.4) is 0 Å². The van der Waals surface area contributed by atoms with E-state index in [1.807, 2.05) is 0 Å². The molecule has 0 bridgehead atoms. The van der Waals surface area contributed by atoms with Gasteiger partial charge in [-0.05, 0) is 31.4 Å². The van der Waals surface area contributed by atoms with Gasteiger partial charge in [-0.2, -0.15) is 0 Å². The van der Waals surface area contributed by atoms with Crippen molar-refractivity contribution in [3.8, 4) is 0 Å². The fourth-order valence-corrected chi connectivity index (χ4v) is 1.30. The Morgan fingerprint density at radius 1 is 1.15 bits per heavy atom. The van der Waals surface area contributed by atoms with Crippen molar-refractivity contribution in [3.63, 3.8) is 0 Å². The number of benzene rings is 1. The summed E-state index contributed by atoms with van der Waals surface area (Å²) >= 11 is 0. The zero-order valence-electron chi connectivity index (χ0n) is 8.71. The second-order valence-electron chi connectivity index (χ2n) is 3.48. The van der Waals surface area contributed by atoms with Gasteiger partial charge in [0.1, 0.15) is 0 Å². The van der Waals surface area contributed by atoms with Gasteiger partial charge in [0.05, 0.1) is 12.7 Å². The number of rotatable bonds is 4. The molecular weight excluding hydrogens is 160 g/mol. The molecule has 72 valence electrons. The molecule has 0 saturated carbocycles. The maximum absolute atomic E-state index is 5.57. The molecule has 1 heteroatoms. The molecule has 1 aromatic rings. The predicted molar refractivity (Wildman–Crippen MR) is 55.7 cm³/mol.